The van der Waals surface area contributed by atoms with E-state index in [0.29, 0.717) is 18.6 Å². The number of hydrogen-bond acceptors (Lipinski definition) is 3. The predicted molar refractivity (Wildman–Crippen MR) is 35.5 cm³/mol. The molecular weight excluding hydrogens is 156 g/mol. The summed E-state index contributed by atoms with van der Waals surface area (Å²) >= 11 is 5.51. The zero-order valence-electron chi connectivity index (χ0n) is 5.52. The molecule has 1 rings (SSSR count). The SMILES string of the molecule is COC(=O)C1=C(Cl)OCC1. The van der Waals surface area contributed by atoms with Crippen molar-refractivity contribution in [3.8, 4) is 0 Å². The molecule has 0 unspecified atom stereocenters. The highest BCUT2D eigenvalue weighted by atomic mass is 35.5. The lowest BCUT2D eigenvalue weighted by Gasteiger charge is -1.95. The lowest BCUT2D eigenvalue weighted by Crippen LogP contribution is -2.03. The summed E-state index contributed by atoms with van der Waals surface area (Å²) in [5.41, 5.74) is 0.434. The third-order valence-corrected chi connectivity index (χ3v) is 1.59. The monoisotopic (exact) mass is 162 g/mol. The van der Waals surface area contributed by atoms with Crippen LogP contribution < -0.4 is 0 Å². The van der Waals surface area contributed by atoms with Crippen LogP contribution in [0.5, 0.6) is 0 Å². The van der Waals surface area contributed by atoms with Crippen LogP contribution in [0, 0.1) is 0 Å². The Morgan fingerprint density at radius 3 is 2.90 bits per heavy atom. The average molecular weight is 163 g/mol. The number of carbonyl (C=O) groups is 1. The van der Waals surface area contributed by atoms with Crippen LogP contribution in [-0.2, 0) is 14.3 Å². The summed E-state index contributed by atoms with van der Waals surface area (Å²) < 4.78 is 9.28. The summed E-state index contributed by atoms with van der Waals surface area (Å²) in [6.45, 7) is 0.475. The molecule has 1 heterocycles. The van der Waals surface area contributed by atoms with Gasteiger partial charge >= 0.3 is 5.97 Å². The summed E-state index contributed by atoms with van der Waals surface area (Å²) in [5, 5.41) is 0.173. The van der Waals surface area contributed by atoms with E-state index in [0.717, 1.165) is 0 Å². The smallest absolute Gasteiger partial charge is 0.338 e. The van der Waals surface area contributed by atoms with Crippen molar-refractivity contribution in [3.05, 3.63) is 10.8 Å². The van der Waals surface area contributed by atoms with Crippen LogP contribution in [-0.4, -0.2) is 19.7 Å². The molecule has 0 aromatic heterocycles. The van der Waals surface area contributed by atoms with Crippen molar-refractivity contribution in [1.29, 1.82) is 0 Å². The maximum atomic E-state index is 10.8. The fourth-order valence-electron chi connectivity index (χ4n) is 0.734. The van der Waals surface area contributed by atoms with E-state index in [4.69, 9.17) is 16.3 Å². The van der Waals surface area contributed by atoms with Crippen LogP contribution in [0.4, 0.5) is 0 Å². The van der Waals surface area contributed by atoms with Gasteiger partial charge < -0.3 is 9.47 Å². The molecule has 4 heteroatoms. The minimum Gasteiger partial charge on any atom is -0.482 e. The lowest BCUT2D eigenvalue weighted by atomic mass is 10.2. The number of carbonyl (C=O) groups excluding carboxylic acids is 1. The molecule has 0 aliphatic carbocycles. The van der Waals surface area contributed by atoms with Crippen molar-refractivity contribution in [1.82, 2.24) is 0 Å². The fourth-order valence-corrected chi connectivity index (χ4v) is 0.982. The second-order valence-corrected chi connectivity index (χ2v) is 2.19. The van der Waals surface area contributed by atoms with Gasteiger partial charge in [0.15, 0.2) is 5.22 Å². The summed E-state index contributed by atoms with van der Waals surface area (Å²) in [6, 6.07) is 0. The number of esters is 1. The molecule has 10 heavy (non-hydrogen) atoms. The lowest BCUT2D eigenvalue weighted by molar-refractivity contribution is -0.136. The Labute approximate surface area is 63.6 Å². The molecule has 0 amide bonds. The Kier molecular flexibility index (Phi) is 2.17. The Hall–Kier alpha value is -0.700. The topological polar surface area (TPSA) is 35.5 Å². The van der Waals surface area contributed by atoms with E-state index in [1.165, 1.54) is 7.11 Å². The first-order chi connectivity index (χ1) is 4.75. The molecule has 0 atom stereocenters. The number of halogens is 1. The largest absolute Gasteiger partial charge is 0.482 e. The van der Waals surface area contributed by atoms with Crippen LogP contribution >= 0.6 is 11.6 Å². The molecule has 0 saturated carbocycles. The number of hydrogen-bond donors (Lipinski definition) is 0. The Morgan fingerprint density at radius 2 is 2.50 bits per heavy atom. The number of ether oxygens (including phenoxy) is 2. The molecule has 0 aromatic rings. The summed E-state index contributed by atoms with van der Waals surface area (Å²) in [6.07, 6.45) is 0.547. The average Bonchev–Trinajstić information content (AvgIpc) is 2.34. The quantitative estimate of drug-likeness (QED) is 0.541. The van der Waals surface area contributed by atoms with E-state index < -0.39 is 5.97 Å². The van der Waals surface area contributed by atoms with Gasteiger partial charge in [0, 0.05) is 6.42 Å². The van der Waals surface area contributed by atoms with Gasteiger partial charge in [0.1, 0.15) is 0 Å². The zero-order chi connectivity index (χ0) is 7.56. The Balaban J connectivity index is 2.71. The first kappa shape index (κ1) is 7.41. The van der Waals surface area contributed by atoms with Gasteiger partial charge in [-0.3, -0.25) is 0 Å². The molecule has 1 aliphatic heterocycles. The van der Waals surface area contributed by atoms with E-state index in [-0.39, 0.29) is 5.22 Å². The summed E-state index contributed by atoms with van der Waals surface area (Å²) in [4.78, 5) is 10.8. The highest BCUT2D eigenvalue weighted by Crippen LogP contribution is 2.22. The first-order valence-electron chi connectivity index (χ1n) is 2.85. The van der Waals surface area contributed by atoms with Gasteiger partial charge in [0.25, 0.3) is 0 Å². The minimum absolute atomic E-state index is 0.173. The van der Waals surface area contributed by atoms with Gasteiger partial charge in [0.2, 0.25) is 0 Å². The van der Waals surface area contributed by atoms with E-state index in [1.54, 1.807) is 0 Å². The molecule has 0 spiro atoms. The van der Waals surface area contributed by atoms with Crippen molar-refractivity contribution in [2.45, 2.75) is 6.42 Å². The van der Waals surface area contributed by atoms with Gasteiger partial charge in [0.05, 0.1) is 19.3 Å². The molecule has 3 nitrogen and oxygen atoms in total. The summed E-state index contributed by atoms with van der Waals surface area (Å²) in [7, 11) is 1.32. The van der Waals surface area contributed by atoms with Gasteiger partial charge in [-0.15, -0.1) is 0 Å². The van der Waals surface area contributed by atoms with E-state index in [9.17, 15) is 4.79 Å². The first-order valence-corrected chi connectivity index (χ1v) is 3.23. The standard InChI is InChI=1S/C6H7ClO3/c1-9-6(8)4-2-3-10-5(4)7/h2-3H2,1H3. The van der Waals surface area contributed by atoms with Crippen molar-refractivity contribution < 1.29 is 14.3 Å². The van der Waals surface area contributed by atoms with E-state index in [2.05, 4.69) is 4.74 Å². The van der Waals surface area contributed by atoms with E-state index >= 15 is 0 Å². The van der Waals surface area contributed by atoms with Crippen molar-refractivity contribution >= 4 is 17.6 Å². The third-order valence-electron chi connectivity index (χ3n) is 1.25. The van der Waals surface area contributed by atoms with E-state index in [1.807, 2.05) is 0 Å². The predicted octanol–water partition coefficient (Wildman–Crippen LogP) is 1.03. The molecule has 1 aliphatic rings. The molecule has 0 bridgehead atoms. The molecule has 0 N–H and O–H groups in total. The third kappa shape index (κ3) is 1.24. The Morgan fingerprint density at radius 1 is 1.80 bits per heavy atom. The van der Waals surface area contributed by atoms with Crippen LogP contribution in [0.2, 0.25) is 0 Å². The molecule has 0 radical (unpaired) electrons. The molecular formula is C6H7ClO3. The van der Waals surface area contributed by atoms with Gasteiger partial charge in [-0.1, -0.05) is 0 Å². The fraction of sp³-hybridized carbons (Fsp3) is 0.500. The number of rotatable bonds is 1. The maximum Gasteiger partial charge on any atom is 0.338 e. The van der Waals surface area contributed by atoms with Crippen molar-refractivity contribution in [2.75, 3.05) is 13.7 Å². The van der Waals surface area contributed by atoms with Gasteiger partial charge in [-0.05, 0) is 11.6 Å². The van der Waals surface area contributed by atoms with Gasteiger partial charge in [-0.25, -0.2) is 4.79 Å². The van der Waals surface area contributed by atoms with Gasteiger partial charge in [-0.2, -0.15) is 0 Å². The van der Waals surface area contributed by atoms with Crippen LogP contribution in [0.3, 0.4) is 0 Å². The molecule has 0 saturated heterocycles. The second-order valence-electron chi connectivity index (χ2n) is 1.84. The Bertz CT molecular complexity index is 185. The minimum atomic E-state index is -0.400. The van der Waals surface area contributed by atoms with Crippen LogP contribution in [0.25, 0.3) is 0 Å². The molecule has 56 valence electrons. The highest BCUT2D eigenvalue weighted by molar-refractivity contribution is 6.30. The summed E-state index contributed by atoms with van der Waals surface area (Å²) in [5.74, 6) is -0.400. The van der Waals surface area contributed by atoms with Crippen LogP contribution in [0.1, 0.15) is 6.42 Å². The second kappa shape index (κ2) is 2.92. The van der Waals surface area contributed by atoms with Crippen LogP contribution in [0.15, 0.2) is 10.8 Å². The van der Waals surface area contributed by atoms with Crippen molar-refractivity contribution in [2.24, 2.45) is 0 Å². The highest BCUT2D eigenvalue weighted by Gasteiger charge is 2.21. The molecule has 0 aromatic carbocycles. The maximum absolute atomic E-state index is 10.8. The van der Waals surface area contributed by atoms with Crippen molar-refractivity contribution in [3.63, 3.8) is 0 Å². The molecule has 0 fully saturated rings. The normalized spacial score (nSPS) is 17.0. The zero-order valence-corrected chi connectivity index (χ0v) is 6.27. The number of methoxy groups -OCH3 is 1.